The Morgan fingerprint density at radius 3 is 2.35 bits per heavy atom. The number of hydrogen-bond acceptors (Lipinski definition) is 2. The minimum atomic E-state index is -0.797. The summed E-state index contributed by atoms with van der Waals surface area (Å²) in [5, 5.41) is 11.6. The largest absolute Gasteiger partial charge is 0.763 e. The molecule has 1 aromatic heterocycles. The Morgan fingerprint density at radius 2 is 1.74 bits per heavy atom. The van der Waals surface area contributed by atoms with Gasteiger partial charge in [-0.2, -0.15) is 4.57 Å². The zero-order valence-electron chi connectivity index (χ0n) is 11.9. The van der Waals surface area contributed by atoms with Gasteiger partial charge in [0, 0.05) is 12.1 Å². The maximum absolute atomic E-state index is 13.2. The summed E-state index contributed by atoms with van der Waals surface area (Å²) in [5.74, 6) is -0.524. The van der Waals surface area contributed by atoms with E-state index in [1.54, 1.807) is 35.2 Å². The van der Waals surface area contributed by atoms with Crippen LogP contribution in [0.15, 0.2) is 60.4 Å². The van der Waals surface area contributed by atoms with Crippen LogP contribution in [0.2, 0.25) is 0 Å². The molecule has 0 unspecified atom stereocenters. The molecule has 5 nitrogen and oxygen atoms in total. The van der Waals surface area contributed by atoms with Crippen LogP contribution >= 0.6 is 0 Å². The molecule has 2 aromatic rings. The highest BCUT2D eigenvalue weighted by atomic mass is 19.1. The van der Waals surface area contributed by atoms with Crippen molar-refractivity contribution in [1.82, 2.24) is 5.32 Å². The molecule has 6 heteroatoms. The van der Waals surface area contributed by atoms with E-state index in [0.29, 0.717) is 5.56 Å². The fraction of sp³-hybridized carbons (Fsp3) is 0.118. The Hall–Kier alpha value is -3.11. The van der Waals surface area contributed by atoms with Crippen LogP contribution in [0.5, 0.6) is 0 Å². The number of pyridine rings is 1. The summed E-state index contributed by atoms with van der Waals surface area (Å²) in [7, 11) is 0. The van der Waals surface area contributed by atoms with Crippen molar-refractivity contribution in [1.29, 1.82) is 0 Å². The standard InChI is InChI=1S/C17H12FN3O2/c18-12-6-4-11(5-7-12)14-13(10-19)16(22)20-17(23)15(14)21-8-2-1-3-9-21/h1-9,14-15H,(H,20,22,23)/t14-,15+/m1/s1. The minimum absolute atomic E-state index is 0.0717. The number of nitrogens with zero attached hydrogens (tertiary/aromatic N) is 2. The van der Waals surface area contributed by atoms with E-state index >= 15 is 0 Å². The van der Waals surface area contributed by atoms with Crippen LogP contribution in [-0.2, 0) is 9.59 Å². The van der Waals surface area contributed by atoms with Gasteiger partial charge < -0.3 is 5.41 Å². The molecular formula is C17H12FN3O2. The number of amides is 2. The Bertz CT molecular complexity index is 811. The minimum Gasteiger partial charge on any atom is -0.763 e. The lowest BCUT2D eigenvalue weighted by Gasteiger charge is -2.28. The summed E-state index contributed by atoms with van der Waals surface area (Å²) in [4.78, 5) is 24.4. The monoisotopic (exact) mass is 309 g/mol. The predicted octanol–water partition coefficient (Wildman–Crippen LogP) is 1.26. The highest BCUT2D eigenvalue weighted by molar-refractivity contribution is 6.14. The third kappa shape index (κ3) is 2.67. The zero-order chi connectivity index (χ0) is 16.4. The lowest BCUT2D eigenvalue weighted by Crippen LogP contribution is -2.57. The van der Waals surface area contributed by atoms with Crippen molar-refractivity contribution in [3.63, 3.8) is 0 Å². The Balaban J connectivity index is 2.17. The SMILES string of the molecule is [N-]=C=C1C(=O)NC(=O)[C@@H]([n+]2ccccc2)[C@@H]1c1ccc(F)cc1. The van der Waals surface area contributed by atoms with Crippen LogP contribution in [-0.4, -0.2) is 17.7 Å². The van der Waals surface area contributed by atoms with Crippen LogP contribution in [0, 0.1) is 5.82 Å². The predicted molar refractivity (Wildman–Crippen MR) is 79.8 cm³/mol. The summed E-state index contributed by atoms with van der Waals surface area (Å²) in [6.45, 7) is 0. The van der Waals surface area contributed by atoms with Gasteiger partial charge in [0.25, 0.3) is 11.8 Å². The van der Waals surface area contributed by atoms with E-state index in [1.165, 1.54) is 24.3 Å². The molecular weight excluding hydrogens is 297 g/mol. The quantitative estimate of drug-likeness (QED) is 0.392. The molecule has 0 spiro atoms. The van der Waals surface area contributed by atoms with Crippen molar-refractivity contribution in [3.05, 3.63) is 77.2 Å². The number of benzene rings is 1. The van der Waals surface area contributed by atoms with Crippen LogP contribution in [0.1, 0.15) is 17.5 Å². The van der Waals surface area contributed by atoms with Gasteiger partial charge in [-0.15, -0.1) is 0 Å². The molecule has 0 radical (unpaired) electrons. The second kappa shape index (κ2) is 5.94. The summed E-state index contributed by atoms with van der Waals surface area (Å²) in [6, 6.07) is 9.95. The van der Waals surface area contributed by atoms with Crippen molar-refractivity contribution >= 4 is 17.7 Å². The second-order valence-electron chi connectivity index (χ2n) is 5.14. The van der Waals surface area contributed by atoms with E-state index in [2.05, 4.69) is 5.32 Å². The van der Waals surface area contributed by atoms with Gasteiger partial charge >= 0.3 is 0 Å². The summed E-state index contributed by atoms with van der Waals surface area (Å²) in [5.41, 5.74) is 0.463. The van der Waals surface area contributed by atoms with Crippen LogP contribution in [0.3, 0.4) is 0 Å². The molecule has 0 bridgehead atoms. The normalized spacial score (nSPS) is 20.8. The summed E-state index contributed by atoms with van der Waals surface area (Å²) < 4.78 is 14.8. The number of imide groups is 1. The smallest absolute Gasteiger partial charge is 0.296 e. The van der Waals surface area contributed by atoms with E-state index in [1.807, 2.05) is 5.87 Å². The fourth-order valence-corrected chi connectivity index (χ4v) is 2.75. The number of carbonyl (C=O) groups is 2. The van der Waals surface area contributed by atoms with Crippen molar-refractivity contribution < 1.29 is 18.5 Å². The topological polar surface area (TPSA) is 72.3 Å². The summed E-state index contributed by atoms with van der Waals surface area (Å²) >= 11 is 0. The van der Waals surface area contributed by atoms with Gasteiger partial charge in [-0.3, -0.25) is 20.8 Å². The number of piperidine rings is 1. The van der Waals surface area contributed by atoms with Gasteiger partial charge in [-0.25, -0.2) is 4.39 Å². The number of hydrogen-bond donors (Lipinski definition) is 1. The number of nitrogens with one attached hydrogen (secondary N) is 1. The number of carbonyl (C=O) groups excluding carboxylic acids is 2. The first-order chi connectivity index (χ1) is 11.1. The lowest BCUT2D eigenvalue weighted by atomic mass is 9.81. The van der Waals surface area contributed by atoms with Gasteiger partial charge in [-0.1, -0.05) is 18.2 Å². The van der Waals surface area contributed by atoms with Crippen LogP contribution in [0.4, 0.5) is 4.39 Å². The van der Waals surface area contributed by atoms with Gasteiger partial charge in [0.1, 0.15) is 5.82 Å². The number of rotatable bonds is 2. The average Bonchev–Trinajstić information content (AvgIpc) is 2.56. The molecule has 1 aromatic carbocycles. The highest BCUT2D eigenvalue weighted by Gasteiger charge is 2.46. The molecule has 0 saturated carbocycles. The molecule has 114 valence electrons. The molecule has 1 saturated heterocycles. The highest BCUT2D eigenvalue weighted by Crippen LogP contribution is 2.34. The van der Waals surface area contributed by atoms with Gasteiger partial charge in [0.05, 0.1) is 11.5 Å². The Morgan fingerprint density at radius 1 is 1.09 bits per heavy atom. The third-order valence-corrected chi connectivity index (χ3v) is 3.79. The maximum Gasteiger partial charge on any atom is 0.296 e. The lowest BCUT2D eigenvalue weighted by molar-refractivity contribution is -0.711. The molecule has 0 aliphatic carbocycles. The van der Waals surface area contributed by atoms with Crippen molar-refractivity contribution in [2.24, 2.45) is 0 Å². The maximum atomic E-state index is 13.2. The molecule has 1 aliphatic rings. The summed E-state index contributed by atoms with van der Waals surface area (Å²) in [6.07, 6.45) is 3.37. The first-order valence-corrected chi connectivity index (χ1v) is 6.95. The molecule has 23 heavy (non-hydrogen) atoms. The molecule has 2 atom stereocenters. The van der Waals surface area contributed by atoms with E-state index in [0.717, 1.165) is 0 Å². The van der Waals surface area contributed by atoms with Gasteiger partial charge in [0.15, 0.2) is 12.4 Å². The van der Waals surface area contributed by atoms with E-state index in [4.69, 9.17) is 0 Å². The fourth-order valence-electron chi connectivity index (χ4n) is 2.75. The van der Waals surface area contributed by atoms with Crippen molar-refractivity contribution in [2.45, 2.75) is 12.0 Å². The molecule has 2 amide bonds. The molecule has 2 heterocycles. The average molecular weight is 309 g/mol. The number of aromatic nitrogens is 1. The van der Waals surface area contributed by atoms with Crippen LogP contribution in [0.25, 0.3) is 5.41 Å². The number of halogens is 1. The molecule has 1 fully saturated rings. The van der Waals surface area contributed by atoms with Gasteiger partial charge in [0.2, 0.25) is 6.04 Å². The van der Waals surface area contributed by atoms with E-state index in [-0.39, 0.29) is 5.57 Å². The second-order valence-corrected chi connectivity index (χ2v) is 5.14. The van der Waals surface area contributed by atoms with Crippen molar-refractivity contribution in [2.75, 3.05) is 0 Å². The third-order valence-electron chi connectivity index (χ3n) is 3.79. The van der Waals surface area contributed by atoms with Gasteiger partial charge in [-0.05, 0) is 17.7 Å². The molecule has 1 aliphatic heterocycles. The van der Waals surface area contributed by atoms with Crippen LogP contribution < -0.4 is 9.88 Å². The van der Waals surface area contributed by atoms with E-state index in [9.17, 15) is 19.4 Å². The Labute approximate surface area is 131 Å². The first kappa shape index (κ1) is 14.8. The molecule has 1 N–H and O–H groups in total. The van der Waals surface area contributed by atoms with Crippen molar-refractivity contribution in [3.8, 4) is 0 Å². The first-order valence-electron chi connectivity index (χ1n) is 6.95. The van der Waals surface area contributed by atoms with E-state index < -0.39 is 29.6 Å². The Kier molecular flexibility index (Phi) is 3.83. The zero-order valence-corrected chi connectivity index (χ0v) is 11.9. The molecule has 3 rings (SSSR count).